The van der Waals surface area contributed by atoms with E-state index in [2.05, 4.69) is 0 Å². The zero-order valence-corrected chi connectivity index (χ0v) is 11.9. The molecule has 1 aliphatic rings. The maximum atomic E-state index is 14.1. The van der Waals surface area contributed by atoms with Crippen molar-refractivity contribution >= 4 is 17.3 Å². The Balaban J connectivity index is 2.44. The lowest BCUT2D eigenvalue weighted by Gasteiger charge is -2.45. The van der Waals surface area contributed by atoms with Crippen LogP contribution in [0.15, 0.2) is 18.2 Å². The number of anilines is 1. The van der Waals surface area contributed by atoms with Gasteiger partial charge in [-0.25, -0.2) is 9.18 Å². The molecule has 0 aromatic heterocycles. The summed E-state index contributed by atoms with van der Waals surface area (Å²) in [5, 5.41) is 20.1. The van der Waals surface area contributed by atoms with E-state index < -0.39 is 28.2 Å². The Labute approximate surface area is 121 Å². The summed E-state index contributed by atoms with van der Waals surface area (Å²) in [7, 11) is 0. The second kappa shape index (κ2) is 5.31. The summed E-state index contributed by atoms with van der Waals surface area (Å²) in [5.74, 6) is -1.79. The quantitative estimate of drug-likeness (QED) is 0.685. The van der Waals surface area contributed by atoms with Gasteiger partial charge >= 0.3 is 5.97 Å². The molecule has 0 radical (unpaired) electrons. The zero-order chi connectivity index (χ0) is 15.8. The number of aliphatic carboxylic acids is 1. The summed E-state index contributed by atoms with van der Waals surface area (Å²) in [6.45, 7) is 4.08. The van der Waals surface area contributed by atoms with Gasteiger partial charge in [-0.3, -0.25) is 10.1 Å². The van der Waals surface area contributed by atoms with Gasteiger partial charge in [0.15, 0.2) is 5.82 Å². The minimum Gasteiger partial charge on any atom is -0.480 e. The third-order valence-corrected chi connectivity index (χ3v) is 3.96. The molecule has 0 aliphatic carbocycles. The highest BCUT2D eigenvalue weighted by Crippen LogP contribution is 2.39. The minimum atomic E-state index is -1.02. The molecule has 1 atom stereocenters. The van der Waals surface area contributed by atoms with Gasteiger partial charge in [-0.05, 0) is 24.3 Å². The molecule has 1 aromatic carbocycles. The number of nitro groups is 1. The molecule has 1 unspecified atom stereocenters. The van der Waals surface area contributed by atoms with E-state index in [-0.39, 0.29) is 11.4 Å². The van der Waals surface area contributed by atoms with E-state index in [0.717, 1.165) is 18.9 Å². The van der Waals surface area contributed by atoms with Crippen LogP contribution in [-0.4, -0.2) is 28.6 Å². The molecule has 1 aliphatic heterocycles. The maximum Gasteiger partial charge on any atom is 0.326 e. The molecule has 1 saturated heterocycles. The molecule has 0 spiro atoms. The number of hydrogen-bond donors (Lipinski definition) is 1. The summed E-state index contributed by atoms with van der Waals surface area (Å²) in [5.41, 5.74) is -0.752. The van der Waals surface area contributed by atoms with Gasteiger partial charge in [-0.2, -0.15) is 0 Å². The smallest absolute Gasteiger partial charge is 0.326 e. The average molecular weight is 296 g/mol. The Hall–Kier alpha value is -2.18. The summed E-state index contributed by atoms with van der Waals surface area (Å²) in [6.07, 6.45) is 1.47. The molecule has 2 rings (SSSR count). The lowest BCUT2D eigenvalue weighted by Crippen LogP contribution is -2.54. The third kappa shape index (κ3) is 2.81. The van der Waals surface area contributed by atoms with Crippen LogP contribution in [0.25, 0.3) is 0 Å². The van der Waals surface area contributed by atoms with Crippen LogP contribution in [0, 0.1) is 21.3 Å². The molecule has 0 amide bonds. The second-order valence-electron chi connectivity index (χ2n) is 5.92. The molecule has 21 heavy (non-hydrogen) atoms. The molecule has 6 nitrogen and oxygen atoms in total. The minimum absolute atomic E-state index is 0.0979. The van der Waals surface area contributed by atoms with E-state index in [1.165, 1.54) is 17.0 Å². The number of hydrogen-bond acceptors (Lipinski definition) is 4. The van der Waals surface area contributed by atoms with Crippen molar-refractivity contribution in [2.75, 3.05) is 11.4 Å². The Bertz CT molecular complexity index is 588. The van der Waals surface area contributed by atoms with Crippen molar-refractivity contribution in [2.45, 2.75) is 32.7 Å². The molecule has 1 aromatic rings. The summed E-state index contributed by atoms with van der Waals surface area (Å²) in [6, 6.07) is 2.45. The fourth-order valence-electron chi connectivity index (χ4n) is 2.96. The Morgan fingerprint density at radius 1 is 1.52 bits per heavy atom. The predicted octanol–water partition coefficient (Wildman–Crippen LogP) is 2.81. The van der Waals surface area contributed by atoms with Crippen LogP contribution in [0.4, 0.5) is 15.8 Å². The number of halogens is 1. The van der Waals surface area contributed by atoms with Crippen molar-refractivity contribution in [3.05, 3.63) is 34.1 Å². The number of benzene rings is 1. The predicted molar refractivity (Wildman–Crippen MR) is 74.8 cm³/mol. The van der Waals surface area contributed by atoms with Crippen LogP contribution in [-0.2, 0) is 4.79 Å². The fraction of sp³-hybridized carbons (Fsp3) is 0.500. The number of non-ortho nitro benzene ring substituents is 1. The van der Waals surface area contributed by atoms with Crippen LogP contribution in [0.3, 0.4) is 0 Å². The molecule has 7 heteroatoms. The topological polar surface area (TPSA) is 83.7 Å². The van der Waals surface area contributed by atoms with E-state index in [4.69, 9.17) is 0 Å². The van der Waals surface area contributed by atoms with Gasteiger partial charge in [0.25, 0.3) is 5.69 Å². The summed E-state index contributed by atoms with van der Waals surface area (Å²) in [4.78, 5) is 23.0. The van der Waals surface area contributed by atoms with E-state index in [0.29, 0.717) is 6.54 Å². The Morgan fingerprint density at radius 2 is 2.19 bits per heavy atom. The van der Waals surface area contributed by atoms with Crippen molar-refractivity contribution in [3.8, 4) is 0 Å². The van der Waals surface area contributed by atoms with E-state index in [1.54, 1.807) is 0 Å². The van der Waals surface area contributed by atoms with Crippen LogP contribution < -0.4 is 4.90 Å². The number of carboxylic acids is 1. The number of carbonyl (C=O) groups is 1. The molecule has 0 saturated carbocycles. The van der Waals surface area contributed by atoms with Crippen LogP contribution in [0.5, 0.6) is 0 Å². The highest BCUT2D eigenvalue weighted by Gasteiger charge is 2.43. The van der Waals surface area contributed by atoms with Gasteiger partial charge in [0.2, 0.25) is 0 Å². The van der Waals surface area contributed by atoms with Gasteiger partial charge in [-0.15, -0.1) is 0 Å². The number of nitrogens with zero attached hydrogens (tertiary/aromatic N) is 2. The summed E-state index contributed by atoms with van der Waals surface area (Å²) < 4.78 is 14.1. The highest BCUT2D eigenvalue weighted by molar-refractivity contribution is 5.80. The van der Waals surface area contributed by atoms with Crippen LogP contribution in [0.1, 0.15) is 26.7 Å². The molecular formula is C14H17FN2O4. The number of nitro benzene ring substituents is 1. The monoisotopic (exact) mass is 296 g/mol. The lowest BCUT2D eigenvalue weighted by atomic mass is 9.76. The fourth-order valence-corrected chi connectivity index (χ4v) is 2.96. The first-order chi connectivity index (χ1) is 9.74. The standard InChI is InChI=1S/C14H17FN2O4/c1-14(2)6-3-7-16(12(14)13(18)19)11-5-4-9(17(20)21)8-10(11)15/h4-5,8,12H,3,6-7H2,1-2H3,(H,18,19). The number of carboxylic acid groups (broad SMARTS) is 1. The van der Waals surface area contributed by atoms with E-state index >= 15 is 0 Å². The number of piperidine rings is 1. The van der Waals surface area contributed by atoms with Gasteiger partial charge in [0.05, 0.1) is 16.7 Å². The van der Waals surface area contributed by atoms with Crippen molar-refractivity contribution in [2.24, 2.45) is 5.41 Å². The lowest BCUT2D eigenvalue weighted by molar-refractivity contribution is -0.385. The molecule has 1 fully saturated rings. The van der Waals surface area contributed by atoms with Gasteiger partial charge < -0.3 is 10.0 Å². The van der Waals surface area contributed by atoms with Gasteiger partial charge in [-0.1, -0.05) is 13.8 Å². The largest absolute Gasteiger partial charge is 0.480 e. The summed E-state index contributed by atoms with van der Waals surface area (Å²) >= 11 is 0. The molecule has 1 N–H and O–H groups in total. The van der Waals surface area contributed by atoms with E-state index in [9.17, 15) is 24.4 Å². The van der Waals surface area contributed by atoms with Gasteiger partial charge in [0.1, 0.15) is 6.04 Å². The average Bonchev–Trinajstić information content (AvgIpc) is 2.36. The third-order valence-electron chi connectivity index (χ3n) is 3.96. The Kier molecular flexibility index (Phi) is 3.85. The van der Waals surface area contributed by atoms with Crippen LogP contribution >= 0.6 is 0 Å². The highest BCUT2D eigenvalue weighted by atomic mass is 19.1. The zero-order valence-electron chi connectivity index (χ0n) is 11.9. The van der Waals surface area contributed by atoms with Crippen molar-refractivity contribution < 1.29 is 19.2 Å². The van der Waals surface area contributed by atoms with Crippen LogP contribution in [0.2, 0.25) is 0 Å². The first-order valence-electron chi connectivity index (χ1n) is 6.67. The van der Waals surface area contributed by atoms with Crippen molar-refractivity contribution in [1.29, 1.82) is 0 Å². The molecule has 114 valence electrons. The maximum absolute atomic E-state index is 14.1. The SMILES string of the molecule is CC1(C)CCCN(c2ccc([N+](=O)[O-])cc2F)C1C(=O)O. The first kappa shape index (κ1) is 15.2. The molecule has 0 bridgehead atoms. The second-order valence-corrected chi connectivity index (χ2v) is 5.92. The van der Waals surface area contributed by atoms with Gasteiger partial charge in [0, 0.05) is 12.6 Å². The van der Waals surface area contributed by atoms with E-state index in [1.807, 2.05) is 13.8 Å². The van der Waals surface area contributed by atoms with Crippen molar-refractivity contribution in [3.63, 3.8) is 0 Å². The van der Waals surface area contributed by atoms with Crippen molar-refractivity contribution in [1.82, 2.24) is 0 Å². The first-order valence-corrected chi connectivity index (χ1v) is 6.67. The number of rotatable bonds is 3. The molecule has 1 heterocycles. The normalized spacial score (nSPS) is 21.1. The molecular weight excluding hydrogens is 279 g/mol. The Morgan fingerprint density at radius 3 is 2.71 bits per heavy atom.